The molecule has 0 radical (unpaired) electrons. The van der Waals surface area contributed by atoms with Gasteiger partial charge in [-0.05, 0) is 36.0 Å². The number of piperidine rings is 2. The van der Waals surface area contributed by atoms with Crippen LogP contribution in [-0.4, -0.2) is 58.5 Å². The van der Waals surface area contributed by atoms with Crippen LogP contribution in [0, 0.1) is 22.0 Å². The number of rotatable bonds is 3. The van der Waals surface area contributed by atoms with Crippen molar-refractivity contribution in [3.8, 4) is 0 Å². The first-order chi connectivity index (χ1) is 11.4. The lowest BCUT2D eigenvalue weighted by Gasteiger charge is -2.34. The number of hydrogen-bond donors (Lipinski definition) is 2. The minimum atomic E-state index is -0.499. The van der Waals surface area contributed by atoms with Crippen molar-refractivity contribution in [2.75, 3.05) is 36.0 Å². The Bertz CT molecular complexity index is 610. The molecule has 0 saturated carbocycles. The number of aliphatic hydroxyl groups excluding tert-OH is 2. The van der Waals surface area contributed by atoms with E-state index in [1.54, 1.807) is 0 Å². The fraction of sp³-hybridized carbons (Fsp3) is 0.800. The van der Waals surface area contributed by atoms with E-state index in [2.05, 4.69) is 4.98 Å². The lowest BCUT2D eigenvalue weighted by molar-refractivity contribution is -0.379. The van der Waals surface area contributed by atoms with Gasteiger partial charge < -0.3 is 20.0 Å². The van der Waals surface area contributed by atoms with E-state index < -0.39 is 17.1 Å². The number of thiazole rings is 1. The van der Waals surface area contributed by atoms with Crippen molar-refractivity contribution < 1.29 is 15.1 Å². The molecule has 9 heteroatoms. The van der Waals surface area contributed by atoms with Crippen LogP contribution in [0.15, 0.2) is 0 Å². The van der Waals surface area contributed by atoms with Gasteiger partial charge in [-0.3, -0.25) is 10.1 Å². The summed E-state index contributed by atoms with van der Waals surface area (Å²) in [6.45, 7) is 6.20. The molecule has 8 nitrogen and oxygen atoms in total. The Morgan fingerprint density at radius 3 is 2.21 bits per heavy atom. The molecule has 2 saturated heterocycles. The van der Waals surface area contributed by atoms with E-state index in [0.29, 0.717) is 30.6 Å². The standard InChI is InChI=1S/C15H24N4O4S/c1-9-3-5-17(7-11(9)20)13-14(19(22)23)24-15(16-13)18-6-4-10(2)12(21)8-18/h9-12,20-21H,3-8H2,1-2H3. The molecule has 2 aliphatic rings. The summed E-state index contributed by atoms with van der Waals surface area (Å²) in [5.41, 5.74) is 0. The van der Waals surface area contributed by atoms with Crippen LogP contribution in [0.2, 0.25) is 0 Å². The molecule has 2 aliphatic heterocycles. The third-order valence-electron chi connectivity index (χ3n) is 5.15. The second-order valence-corrected chi connectivity index (χ2v) is 7.90. The van der Waals surface area contributed by atoms with Crippen LogP contribution >= 0.6 is 11.3 Å². The molecule has 1 aromatic rings. The van der Waals surface area contributed by atoms with Crippen LogP contribution in [0.5, 0.6) is 0 Å². The molecule has 0 amide bonds. The molecule has 0 bridgehead atoms. The Kier molecular flexibility index (Phi) is 4.93. The first kappa shape index (κ1) is 17.4. The smallest absolute Gasteiger partial charge is 0.369 e. The maximum Gasteiger partial charge on any atom is 0.369 e. The first-order valence-corrected chi connectivity index (χ1v) is 9.19. The van der Waals surface area contributed by atoms with Crippen molar-refractivity contribution in [1.29, 1.82) is 0 Å². The zero-order valence-electron chi connectivity index (χ0n) is 14.0. The minimum absolute atomic E-state index is 0.0138. The van der Waals surface area contributed by atoms with E-state index in [9.17, 15) is 20.3 Å². The molecule has 0 aromatic carbocycles. The van der Waals surface area contributed by atoms with Crippen molar-refractivity contribution in [2.45, 2.75) is 38.9 Å². The van der Waals surface area contributed by atoms with E-state index in [4.69, 9.17) is 0 Å². The maximum atomic E-state index is 11.4. The van der Waals surface area contributed by atoms with E-state index in [1.165, 1.54) is 0 Å². The van der Waals surface area contributed by atoms with Gasteiger partial charge in [-0.25, -0.2) is 0 Å². The fourth-order valence-electron chi connectivity index (χ4n) is 3.22. The summed E-state index contributed by atoms with van der Waals surface area (Å²) < 4.78 is 0. The van der Waals surface area contributed by atoms with Crippen LogP contribution in [0.3, 0.4) is 0 Å². The predicted molar refractivity (Wildman–Crippen MR) is 92.8 cm³/mol. The van der Waals surface area contributed by atoms with Gasteiger partial charge in [0.15, 0.2) is 5.13 Å². The highest BCUT2D eigenvalue weighted by Crippen LogP contribution is 2.40. The molecule has 2 fully saturated rings. The molecule has 0 spiro atoms. The first-order valence-electron chi connectivity index (χ1n) is 8.38. The van der Waals surface area contributed by atoms with Gasteiger partial charge in [0.1, 0.15) is 0 Å². The van der Waals surface area contributed by atoms with Crippen LogP contribution in [0.25, 0.3) is 0 Å². The van der Waals surface area contributed by atoms with Gasteiger partial charge in [-0.15, -0.1) is 0 Å². The Labute approximate surface area is 144 Å². The molecule has 0 aliphatic carbocycles. The minimum Gasteiger partial charge on any atom is -0.391 e. The Hall–Kier alpha value is -1.45. The van der Waals surface area contributed by atoms with Gasteiger partial charge in [-0.2, -0.15) is 4.98 Å². The topological polar surface area (TPSA) is 103 Å². The summed E-state index contributed by atoms with van der Waals surface area (Å²) in [6.07, 6.45) is 0.679. The van der Waals surface area contributed by atoms with E-state index in [0.717, 1.165) is 30.7 Å². The summed E-state index contributed by atoms with van der Waals surface area (Å²) in [7, 11) is 0. The third kappa shape index (κ3) is 3.33. The number of β-amino-alcohol motifs (C(OH)–C–C–N with tert-alkyl or cyclic N) is 2. The quantitative estimate of drug-likeness (QED) is 0.624. The number of hydrogen-bond acceptors (Lipinski definition) is 8. The Morgan fingerprint density at radius 1 is 1.12 bits per heavy atom. The highest BCUT2D eigenvalue weighted by atomic mass is 32.1. The molecule has 3 rings (SSSR count). The normalized spacial score (nSPS) is 31.3. The number of aromatic nitrogens is 1. The van der Waals surface area contributed by atoms with Crippen molar-refractivity contribution in [1.82, 2.24) is 4.98 Å². The highest BCUT2D eigenvalue weighted by molar-refractivity contribution is 7.19. The third-order valence-corrected chi connectivity index (χ3v) is 6.21. The Balaban J connectivity index is 1.84. The number of anilines is 2. The van der Waals surface area contributed by atoms with Crippen molar-refractivity contribution in [3.05, 3.63) is 10.1 Å². The van der Waals surface area contributed by atoms with Gasteiger partial charge in [0.2, 0.25) is 5.82 Å². The van der Waals surface area contributed by atoms with Crippen LogP contribution < -0.4 is 9.80 Å². The zero-order chi connectivity index (χ0) is 17.4. The zero-order valence-corrected chi connectivity index (χ0v) is 14.8. The van der Waals surface area contributed by atoms with Crippen LogP contribution in [0.4, 0.5) is 16.0 Å². The molecule has 2 N–H and O–H groups in total. The SMILES string of the molecule is CC1CCN(c2nc(N3CCC(C)C(O)C3)c([N+](=O)[O-])s2)CC1O. The monoisotopic (exact) mass is 356 g/mol. The average Bonchev–Trinajstić information content (AvgIpc) is 2.98. The summed E-state index contributed by atoms with van der Waals surface area (Å²) in [5, 5.41) is 32.2. The Morgan fingerprint density at radius 2 is 1.67 bits per heavy atom. The van der Waals surface area contributed by atoms with E-state index in [1.807, 2.05) is 23.6 Å². The second kappa shape index (κ2) is 6.81. The van der Waals surface area contributed by atoms with Gasteiger partial charge in [-0.1, -0.05) is 13.8 Å². The second-order valence-electron chi connectivity index (χ2n) is 6.94. The molecule has 24 heavy (non-hydrogen) atoms. The number of aliphatic hydroxyl groups is 2. The lowest BCUT2D eigenvalue weighted by atomic mass is 9.96. The van der Waals surface area contributed by atoms with Gasteiger partial charge in [0.05, 0.1) is 17.1 Å². The average molecular weight is 356 g/mol. The summed E-state index contributed by atoms with van der Waals surface area (Å²) in [5.74, 6) is 0.769. The molecule has 134 valence electrons. The van der Waals surface area contributed by atoms with Gasteiger partial charge in [0, 0.05) is 26.2 Å². The highest BCUT2D eigenvalue weighted by Gasteiger charge is 2.34. The predicted octanol–water partition coefficient (Wildman–Crippen LogP) is 1.47. The molecular formula is C15H24N4O4S. The van der Waals surface area contributed by atoms with Crippen LogP contribution in [0.1, 0.15) is 26.7 Å². The van der Waals surface area contributed by atoms with Crippen LogP contribution in [-0.2, 0) is 0 Å². The molecule has 4 atom stereocenters. The van der Waals surface area contributed by atoms with Gasteiger partial charge >= 0.3 is 5.00 Å². The van der Waals surface area contributed by atoms with Crippen molar-refractivity contribution in [2.24, 2.45) is 11.8 Å². The summed E-state index contributed by atoms with van der Waals surface area (Å²) in [6, 6.07) is 0. The van der Waals surface area contributed by atoms with Crippen molar-refractivity contribution in [3.63, 3.8) is 0 Å². The summed E-state index contributed by atoms with van der Waals surface area (Å²) >= 11 is 1.05. The molecule has 4 unspecified atom stereocenters. The molecule has 1 aromatic heterocycles. The van der Waals surface area contributed by atoms with E-state index in [-0.39, 0.29) is 16.8 Å². The molecular weight excluding hydrogens is 332 g/mol. The largest absolute Gasteiger partial charge is 0.391 e. The van der Waals surface area contributed by atoms with Crippen molar-refractivity contribution >= 4 is 27.3 Å². The summed E-state index contributed by atoms with van der Waals surface area (Å²) in [4.78, 5) is 19.3. The van der Waals surface area contributed by atoms with Gasteiger partial charge in [0.25, 0.3) is 0 Å². The maximum absolute atomic E-state index is 11.4. The number of nitro groups is 1. The lowest BCUT2D eigenvalue weighted by Crippen LogP contribution is -2.44. The van der Waals surface area contributed by atoms with E-state index >= 15 is 0 Å². The molecule has 3 heterocycles. The fourth-order valence-corrected chi connectivity index (χ4v) is 4.16. The number of nitrogens with zero attached hydrogens (tertiary/aromatic N) is 4.